The van der Waals surface area contributed by atoms with E-state index >= 15 is 0 Å². The number of aromatic nitrogens is 2. The van der Waals surface area contributed by atoms with E-state index in [-0.39, 0.29) is 5.76 Å². The van der Waals surface area contributed by atoms with Crippen LogP contribution >= 0.6 is 11.3 Å². The third-order valence-electron chi connectivity index (χ3n) is 3.98. The van der Waals surface area contributed by atoms with Crippen LogP contribution in [-0.2, 0) is 6.67 Å². The van der Waals surface area contributed by atoms with Crippen molar-refractivity contribution in [1.29, 1.82) is 0 Å². The zero-order valence-corrected chi connectivity index (χ0v) is 12.8. The van der Waals surface area contributed by atoms with Crippen molar-refractivity contribution >= 4 is 27.6 Å². The molecule has 1 aromatic carbocycles. The van der Waals surface area contributed by atoms with E-state index in [2.05, 4.69) is 14.8 Å². The SMILES string of the molecule is O=c1oc2ccccc2n1CN1CCN(c2nccs2)CC1. The Balaban J connectivity index is 1.48. The maximum absolute atomic E-state index is 12.0. The number of hydrogen-bond acceptors (Lipinski definition) is 6. The van der Waals surface area contributed by atoms with Gasteiger partial charge in [-0.2, -0.15) is 0 Å². The van der Waals surface area contributed by atoms with Crippen LogP contribution in [-0.4, -0.2) is 40.6 Å². The Morgan fingerprint density at radius 1 is 1.18 bits per heavy atom. The van der Waals surface area contributed by atoms with Gasteiger partial charge in [0.1, 0.15) is 0 Å². The van der Waals surface area contributed by atoms with Gasteiger partial charge in [0.25, 0.3) is 0 Å². The average molecular weight is 316 g/mol. The smallest absolute Gasteiger partial charge is 0.408 e. The van der Waals surface area contributed by atoms with Gasteiger partial charge >= 0.3 is 5.76 Å². The molecule has 3 heterocycles. The molecule has 1 saturated heterocycles. The summed E-state index contributed by atoms with van der Waals surface area (Å²) < 4.78 is 6.99. The second-order valence-corrected chi connectivity index (χ2v) is 6.20. The van der Waals surface area contributed by atoms with E-state index in [1.807, 2.05) is 35.8 Å². The summed E-state index contributed by atoms with van der Waals surface area (Å²) >= 11 is 1.67. The molecule has 1 aliphatic heterocycles. The first-order valence-corrected chi connectivity index (χ1v) is 8.14. The van der Waals surface area contributed by atoms with E-state index in [1.165, 1.54) is 0 Å². The molecular formula is C15H16N4O2S. The van der Waals surface area contributed by atoms with E-state index < -0.39 is 0 Å². The van der Waals surface area contributed by atoms with Gasteiger partial charge in [0.2, 0.25) is 0 Å². The van der Waals surface area contributed by atoms with Crippen molar-refractivity contribution in [3.8, 4) is 0 Å². The summed E-state index contributed by atoms with van der Waals surface area (Å²) in [6.07, 6.45) is 1.84. The van der Waals surface area contributed by atoms with Gasteiger partial charge in [-0.1, -0.05) is 12.1 Å². The molecule has 0 amide bonds. The number of para-hydroxylation sites is 2. The Bertz CT molecular complexity index is 816. The number of nitrogens with zero attached hydrogens (tertiary/aromatic N) is 4. The number of thiazole rings is 1. The first kappa shape index (κ1) is 13.5. The first-order chi connectivity index (χ1) is 10.8. The molecule has 1 fully saturated rings. The predicted octanol–water partition coefficient (Wildman–Crippen LogP) is 1.83. The van der Waals surface area contributed by atoms with Gasteiger partial charge in [0.05, 0.1) is 12.2 Å². The first-order valence-electron chi connectivity index (χ1n) is 7.26. The molecule has 114 valence electrons. The fraction of sp³-hybridized carbons (Fsp3) is 0.333. The largest absolute Gasteiger partial charge is 0.421 e. The van der Waals surface area contributed by atoms with E-state index in [9.17, 15) is 4.79 Å². The van der Waals surface area contributed by atoms with Gasteiger partial charge < -0.3 is 9.32 Å². The minimum absolute atomic E-state index is 0.288. The summed E-state index contributed by atoms with van der Waals surface area (Å²) in [7, 11) is 0. The third-order valence-corrected chi connectivity index (χ3v) is 4.81. The van der Waals surface area contributed by atoms with Crippen molar-refractivity contribution in [3.63, 3.8) is 0 Å². The Morgan fingerprint density at radius 2 is 2.00 bits per heavy atom. The van der Waals surface area contributed by atoms with Crippen LogP contribution in [0.25, 0.3) is 11.1 Å². The van der Waals surface area contributed by atoms with Crippen molar-refractivity contribution in [3.05, 3.63) is 46.4 Å². The van der Waals surface area contributed by atoms with Crippen LogP contribution in [0.5, 0.6) is 0 Å². The molecule has 4 rings (SSSR count). The fourth-order valence-electron chi connectivity index (χ4n) is 2.80. The van der Waals surface area contributed by atoms with E-state index in [0.29, 0.717) is 12.3 Å². The lowest BCUT2D eigenvalue weighted by Gasteiger charge is -2.34. The predicted molar refractivity (Wildman–Crippen MR) is 86.4 cm³/mol. The number of oxazole rings is 1. The number of benzene rings is 1. The highest BCUT2D eigenvalue weighted by atomic mass is 32.1. The van der Waals surface area contributed by atoms with Crippen LogP contribution < -0.4 is 10.7 Å². The third kappa shape index (κ3) is 2.42. The van der Waals surface area contributed by atoms with E-state index in [0.717, 1.165) is 36.8 Å². The molecule has 0 unspecified atom stereocenters. The van der Waals surface area contributed by atoms with E-state index in [4.69, 9.17) is 4.42 Å². The van der Waals surface area contributed by atoms with Crippen LogP contribution in [0.3, 0.4) is 0 Å². The van der Waals surface area contributed by atoms with Gasteiger partial charge in [0.15, 0.2) is 10.7 Å². The molecule has 0 bridgehead atoms. The van der Waals surface area contributed by atoms with Crippen molar-refractivity contribution in [2.45, 2.75) is 6.67 Å². The lowest BCUT2D eigenvalue weighted by Crippen LogP contribution is -2.47. The standard InChI is InChI=1S/C15H16N4O2S/c20-15-19(12-3-1-2-4-13(12)21-15)11-17-6-8-18(9-7-17)14-16-5-10-22-14/h1-5,10H,6-9,11H2. The number of fused-ring (bicyclic) bond motifs is 1. The van der Waals surface area contributed by atoms with Crippen molar-refractivity contribution in [2.24, 2.45) is 0 Å². The minimum Gasteiger partial charge on any atom is -0.408 e. The Morgan fingerprint density at radius 3 is 2.77 bits per heavy atom. The molecular weight excluding hydrogens is 300 g/mol. The van der Waals surface area contributed by atoms with Crippen LogP contribution in [0.15, 0.2) is 45.1 Å². The maximum Gasteiger partial charge on any atom is 0.421 e. The van der Waals surface area contributed by atoms with E-state index in [1.54, 1.807) is 15.9 Å². The molecule has 0 aliphatic carbocycles. The molecule has 0 atom stereocenters. The molecule has 1 aliphatic rings. The molecule has 2 aromatic heterocycles. The number of rotatable bonds is 3. The number of hydrogen-bond donors (Lipinski definition) is 0. The summed E-state index contributed by atoms with van der Waals surface area (Å²) in [4.78, 5) is 20.9. The summed E-state index contributed by atoms with van der Waals surface area (Å²) in [6, 6.07) is 7.55. The number of piperazine rings is 1. The van der Waals surface area contributed by atoms with Gasteiger partial charge in [-0.05, 0) is 12.1 Å². The highest BCUT2D eigenvalue weighted by Gasteiger charge is 2.20. The van der Waals surface area contributed by atoms with Crippen LogP contribution in [0.2, 0.25) is 0 Å². The fourth-order valence-corrected chi connectivity index (χ4v) is 3.50. The van der Waals surface area contributed by atoms with Crippen LogP contribution in [0, 0.1) is 0 Å². The topological polar surface area (TPSA) is 54.5 Å². The normalized spacial score (nSPS) is 16.5. The highest BCUT2D eigenvalue weighted by Crippen LogP contribution is 2.19. The highest BCUT2D eigenvalue weighted by molar-refractivity contribution is 7.13. The Hall–Kier alpha value is -2.12. The minimum atomic E-state index is -0.288. The molecule has 7 heteroatoms. The molecule has 0 N–H and O–H groups in total. The molecule has 22 heavy (non-hydrogen) atoms. The lowest BCUT2D eigenvalue weighted by molar-refractivity contribution is 0.202. The number of anilines is 1. The Kier molecular flexibility index (Phi) is 3.44. The van der Waals surface area contributed by atoms with Crippen LogP contribution in [0.1, 0.15) is 0 Å². The summed E-state index contributed by atoms with van der Waals surface area (Å²) in [5.41, 5.74) is 1.50. The van der Waals surface area contributed by atoms with Crippen molar-refractivity contribution < 1.29 is 4.42 Å². The summed E-state index contributed by atoms with van der Waals surface area (Å²) in [5, 5.41) is 3.07. The van der Waals surface area contributed by atoms with Crippen LogP contribution in [0.4, 0.5) is 5.13 Å². The summed E-state index contributed by atoms with van der Waals surface area (Å²) in [6.45, 7) is 4.24. The molecule has 0 saturated carbocycles. The second-order valence-electron chi connectivity index (χ2n) is 5.32. The van der Waals surface area contributed by atoms with Gasteiger partial charge in [-0.3, -0.25) is 9.47 Å². The van der Waals surface area contributed by atoms with Gasteiger partial charge in [0, 0.05) is 37.8 Å². The second kappa shape index (κ2) is 5.58. The molecule has 0 spiro atoms. The molecule has 6 nitrogen and oxygen atoms in total. The molecule has 3 aromatic rings. The van der Waals surface area contributed by atoms with Crippen molar-refractivity contribution in [2.75, 3.05) is 31.1 Å². The summed E-state index contributed by atoms with van der Waals surface area (Å²) in [5.74, 6) is -0.288. The van der Waals surface area contributed by atoms with Gasteiger partial charge in [-0.15, -0.1) is 11.3 Å². The monoisotopic (exact) mass is 316 g/mol. The Labute approximate surface area is 131 Å². The van der Waals surface area contributed by atoms with Crippen molar-refractivity contribution in [1.82, 2.24) is 14.5 Å². The molecule has 0 radical (unpaired) electrons. The maximum atomic E-state index is 12.0. The van der Waals surface area contributed by atoms with Gasteiger partial charge in [-0.25, -0.2) is 9.78 Å². The average Bonchev–Trinajstić information content (AvgIpc) is 3.17. The zero-order valence-electron chi connectivity index (χ0n) is 12.0. The zero-order chi connectivity index (χ0) is 14.9. The quantitative estimate of drug-likeness (QED) is 0.738. The lowest BCUT2D eigenvalue weighted by atomic mass is 10.3.